The van der Waals surface area contributed by atoms with Gasteiger partial charge in [0, 0.05) is 6.92 Å². The SMILES string of the molecule is CC(=O)O.[H+].[H-].[H-].[H-].[Na+].[Na+].[Na+]. The molecule has 0 atom stereocenters. The van der Waals surface area contributed by atoms with Gasteiger partial charge in [-0.25, -0.2) is 0 Å². The van der Waals surface area contributed by atoms with Crippen LogP contribution < -0.4 is 88.7 Å². The van der Waals surface area contributed by atoms with E-state index in [0.717, 1.165) is 6.92 Å². The summed E-state index contributed by atoms with van der Waals surface area (Å²) in [4.78, 5) is 9.00. The number of hydrogen-bond acceptors (Lipinski definition) is 1. The van der Waals surface area contributed by atoms with Gasteiger partial charge in [0.25, 0.3) is 5.97 Å². The van der Waals surface area contributed by atoms with Crippen LogP contribution in [0.2, 0.25) is 0 Å². The maximum absolute atomic E-state index is 9.00. The third-order valence-electron chi connectivity index (χ3n) is 0. The molecule has 2 nitrogen and oxygen atoms in total. The summed E-state index contributed by atoms with van der Waals surface area (Å²) >= 11 is 0. The molecular weight excluding hydrogens is 125 g/mol. The van der Waals surface area contributed by atoms with Gasteiger partial charge in [0.05, 0.1) is 0 Å². The molecule has 0 rings (SSSR count). The fourth-order valence-electron chi connectivity index (χ4n) is 0. The standard InChI is InChI=1S/C2H4O2.3Na.3H/c1-2(3)4;;;;;;/h1H3,(H,3,4);;;;;;/q;3*+1;3*-1/p+1. The predicted molar refractivity (Wildman–Crippen MR) is 17.8 cm³/mol. The summed E-state index contributed by atoms with van der Waals surface area (Å²) in [6.07, 6.45) is 0. The average Bonchev–Trinajstić information content (AvgIpc) is 0.811. The van der Waals surface area contributed by atoms with Crippen LogP contribution in [0.15, 0.2) is 0 Å². The van der Waals surface area contributed by atoms with E-state index in [0.29, 0.717) is 0 Å². The molecule has 0 saturated heterocycles. The molecule has 1 N–H and O–H groups in total. The Morgan fingerprint density at radius 2 is 1.57 bits per heavy atom. The first-order valence-electron chi connectivity index (χ1n) is 0.928. The van der Waals surface area contributed by atoms with E-state index < -0.39 is 5.97 Å². The Labute approximate surface area is 115 Å². The van der Waals surface area contributed by atoms with Crippen molar-refractivity contribution >= 4 is 5.97 Å². The fraction of sp³-hybridized carbons (Fsp3) is 0.500. The Morgan fingerprint density at radius 3 is 1.57 bits per heavy atom. The van der Waals surface area contributed by atoms with Gasteiger partial charge < -0.3 is 9.39 Å². The molecule has 0 aromatic rings. The van der Waals surface area contributed by atoms with Gasteiger partial charge in [0.1, 0.15) is 0 Å². The zero-order chi connectivity index (χ0) is 3.58. The summed E-state index contributed by atoms with van der Waals surface area (Å²) in [5.41, 5.74) is 0. The zero-order valence-corrected chi connectivity index (χ0v) is 11.4. The second kappa shape index (κ2) is 15.8. The second-order valence-electron chi connectivity index (χ2n) is 0.519. The van der Waals surface area contributed by atoms with Crippen LogP contribution in [0, 0.1) is 0 Å². The Morgan fingerprint density at radius 1 is 1.57 bits per heavy atom. The van der Waals surface area contributed by atoms with E-state index in [1.165, 1.54) is 0 Å². The van der Waals surface area contributed by atoms with Crippen LogP contribution in [0.4, 0.5) is 0 Å². The van der Waals surface area contributed by atoms with Crippen molar-refractivity contribution in [2.24, 2.45) is 0 Å². The largest absolute Gasteiger partial charge is 1.00 e. The molecule has 0 saturated carbocycles. The number of carboxylic acid groups (broad SMARTS) is 1. The summed E-state index contributed by atoms with van der Waals surface area (Å²) in [6.45, 7) is 1.08. The molecule has 0 amide bonds. The monoisotopic (exact) mass is 133 g/mol. The number of carbonyl (C=O) groups is 1. The third kappa shape index (κ3) is 58.1. The summed E-state index contributed by atoms with van der Waals surface area (Å²) < 4.78 is 0. The molecule has 0 aromatic heterocycles. The van der Waals surface area contributed by atoms with Crippen molar-refractivity contribution in [1.82, 2.24) is 0 Å². The maximum atomic E-state index is 9.00. The van der Waals surface area contributed by atoms with E-state index in [4.69, 9.17) is 9.90 Å². The topological polar surface area (TPSA) is 37.3 Å². The van der Waals surface area contributed by atoms with Crippen molar-refractivity contribution in [3.63, 3.8) is 0 Å². The number of hydrogen-bond donors (Lipinski definition) is 1. The van der Waals surface area contributed by atoms with E-state index >= 15 is 0 Å². The zero-order valence-electron chi connectivity index (χ0n) is 9.36. The van der Waals surface area contributed by atoms with E-state index in [1.807, 2.05) is 0 Å². The molecule has 0 spiro atoms. The van der Waals surface area contributed by atoms with Crippen LogP contribution >= 0.6 is 0 Å². The van der Waals surface area contributed by atoms with Gasteiger partial charge in [-0.2, -0.15) is 0 Å². The number of aliphatic carboxylic acids is 1. The first-order chi connectivity index (χ1) is 1.73. The van der Waals surface area contributed by atoms with Gasteiger partial charge in [-0.05, 0) is 0 Å². The molecule has 5 heteroatoms. The van der Waals surface area contributed by atoms with Gasteiger partial charge in [-0.3, -0.25) is 4.79 Å². The van der Waals surface area contributed by atoms with Crippen molar-refractivity contribution in [2.45, 2.75) is 6.92 Å². The molecular formula is C2H8Na3O2+. The molecule has 30 valence electrons. The summed E-state index contributed by atoms with van der Waals surface area (Å²) in [6, 6.07) is 0. The Kier molecular flexibility index (Phi) is 51.2. The van der Waals surface area contributed by atoms with Crippen LogP contribution in [0.1, 0.15) is 12.6 Å². The molecule has 0 heterocycles. The molecule has 0 aliphatic heterocycles. The van der Waals surface area contributed by atoms with E-state index in [1.54, 1.807) is 0 Å². The van der Waals surface area contributed by atoms with Crippen LogP contribution in [0.3, 0.4) is 0 Å². The molecule has 0 aliphatic rings. The van der Waals surface area contributed by atoms with Crippen LogP contribution in [-0.4, -0.2) is 11.1 Å². The van der Waals surface area contributed by atoms with E-state index in [-0.39, 0.29) is 94.4 Å². The van der Waals surface area contributed by atoms with Crippen molar-refractivity contribution < 1.29 is 104 Å². The van der Waals surface area contributed by atoms with Crippen molar-refractivity contribution in [1.29, 1.82) is 0 Å². The van der Waals surface area contributed by atoms with Gasteiger partial charge in [0.2, 0.25) is 0 Å². The molecule has 0 aromatic carbocycles. The summed E-state index contributed by atoms with van der Waals surface area (Å²) in [5.74, 6) is -0.833. The van der Waals surface area contributed by atoms with E-state index in [2.05, 4.69) is 0 Å². The van der Waals surface area contributed by atoms with E-state index in [9.17, 15) is 0 Å². The summed E-state index contributed by atoms with van der Waals surface area (Å²) in [5, 5.41) is 7.42. The first kappa shape index (κ1) is 22.7. The van der Waals surface area contributed by atoms with Crippen molar-refractivity contribution in [3.8, 4) is 0 Å². The van der Waals surface area contributed by atoms with Gasteiger partial charge in [-0.15, -0.1) is 0 Å². The van der Waals surface area contributed by atoms with Crippen molar-refractivity contribution in [3.05, 3.63) is 0 Å². The second-order valence-corrected chi connectivity index (χ2v) is 0.519. The predicted octanol–water partition coefficient (Wildman–Crippen LogP) is -8.45. The Bertz CT molecular complexity index is 44.3. The minimum atomic E-state index is -0.833. The Balaban J connectivity index is -0.00000000214. The minimum Gasteiger partial charge on any atom is -1.00 e. The number of rotatable bonds is 0. The van der Waals surface area contributed by atoms with Crippen molar-refractivity contribution in [2.75, 3.05) is 0 Å². The molecule has 0 radical (unpaired) electrons. The first-order valence-corrected chi connectivity index (χ1v) is 0.928. The minimum absolute atomic E-state index is 0. The van der Waals surface area contributed by atoms with Gasteiger partial charge in [0.15, 0.2) is 0 Å². The molecule has 0 aliphatic carbocycles. The molecule has 7 heavy (non-hydrogen) atoms. The smallest absolute Gasteiger partial charge is 1.00 e. The van der Waals surface area contributed by atoms with Gasteiger partial charge in [-0.1, -0.05) is 0 Å². The maximum Gasteiger partial charge on any atom is 1.00 e. The number of carboxylic acids is 1. The van der Waals surface area contributed by atoms with Crippen LogP contribution in [0.5, 0.6) is 0 Å². The molecule has 0 bridgehead atoms. The third-order valence-corrected chi connectivity index (χ3v) is 0. The molecule has 0 fully saturated rings. The average molecular weight is 133 g/mol. The Hall–Kier alpha value is 2.47. The summed E-state index contributed by atoms with van der Waals surface area (Å²) in [7, 11) is 0. The van der Waals surface area contributed by atoms with Crippen LogP contribution in [-0.2, 0) is 4.79 Å². The quantitative estimate of drug-likeness (QED) is 0.333. The van der Waals surface area contributed by atoms with Gasteiger partial charge >= 0.3 is 90.1 Å². The molecule has 0 unspecified atom stereocenters. The normalized spacial score (nSPS) is 3.57. The van der Waals surface area contributed by atoms with Crippen LogP contribution in [0.25, 0.3) is 0 Å². The fourth-order valence-corrected chi connectivity index (χ4v) is 0.